The van der Waals surface area contributed by atoms with Gasteiger partial charge in [0, 0.05) is 18.1 Å². The van der Waals surface area contributed by atoms with Crippen LogP contribution in [-0.4, -0.2) is 17.4 Å². The number of nitrogen functional groups attached to an aromatic ring is 1. The molecule has 1 aromatic heterocycles. The van der Waals surface area contributed by atoms with Crippen LogP contribution in [0.2, 0.25) is 0 Å². The van der Waals surface area contributed by atoms with E-state index in [1.807, 2.05) is 24.3 Å². The van der Waals surface area contributed by atoms with Gasteiger partial charge in [-0.05, 0) is 24.1 Å². The Morgan fingerprint density at radius 2 is 1.95 bits per heavy atom. The maximum atomic E-state index is 12.3. The minimum Gasteiger partial charge on any atom is -0.383 e. The van der Waals surface area contributed by atoms with Crippen LogP contribution < -0.4 is 11.1 Å². The van der Waals surface area contributed by atoms with E-state index in [4.69, 9.17) is 5.73 Å². The maximum absolute atomic E-state index is 12.3. The summed E-state index contributed by atoms with van der Waals surface area (Å²) in [5, 5.41) is 4.73. The number of nitrogens with two attached hydrogens (primary N) is 1. The fourth-order valence-corrected chi connectivity index (χ4v) is 2.94. The lowest BCUT2D eigenvalue weighted by Crippen LogP contribution is -2.28. The van der Waals surface area contributed by atoms with Crippen molar-refractivity contribution >= 4 is 22.5 Å². The maximum Gasteiger partial charge on any atom is 0.253 e. The van der Waals surface area contributed by atoms with Crippen LogP contribution in [0.15, 0.2) is 30.5 Å². The molecule has 1 aliphatic rings. The van der Waals surface area contributed by atoms with E-state index < -0.39 is 0 Å². The predicted octanol–water partition coefficient (Wildman–Crippen LogP) is 2.74. The largest absolute Gasteiger partial charge is 0.383 e. The molecule has 1 aliphatic carbocycles. The summed E-state index contributed by atoms with van der Waals surface area (Å²) in [5.41, 5.74) is 6.46. The molecule has 4 nitrogen and oxygen atoms in total. The van der Waals surface area contributed by atoms with Gasteiger partial charge in [0.15, 0.2) is 0 Å². The molecule has 0 radical (unpaired) electrons. The smallest absolute Gasteiger partial charge is 0.253 e. The van der Waals surface area contributed by atoms with Gasteiger partial charge < -0.3 is 11.1 Å². The first kappa shape index (κ1) is 12.9. The first-order valence-corrected chi connectivity index (χ1v) is 7.17. The lowest BCUT2D eigenvalue weighted by atomic mass is 10.1. The van der Waals surface area contributed by atoms with E-state index in [1.54, 1.807) is 6.20 Å². The molecular weight excluding hydrogens is 250 g/mol. The zero-order valence-electron chi connectivity index (χ0n) is 11.4. The average molecular weight is 269 g/mol. The van der Waals surface area contributed by atoms with Crippen molar-refractivity contribution in [1.29, 1.82) is 0 Å². The topological polar surface area (TPSA) is 68.0 Å². The highest BCUT2D eigenvalue weighted by Gasteiger charge is 2.17. The second-order valence-electron chi connectivity index (χ2n) is 5.46. The first-order valence-electron chi connectivity index (χ1n) is 7.17. The molecule has 4 heteroatoms. The summed E-state index contributed by atoms with van der Waals surface area (Å²) in [6.07, 6.45) is 6.59. The quantitative estimate of drug-likeness (QED) is 0.900. The monoisotopic (exact) mass is 269 g/mol. The molecule has 1 fully saturated rings. The van der Waals surface area contributed by atoms with Gasteiger partial charge in [-0.15, -0.1) is 0 Å². The molecule has 104 valence electrons. The molecule has 3 rings (SSSR count). The van der Waals surface area contributed by atoms with E-state index in [2.05, 4.69) is 10.3 Å². The number of rotatable bonds is 3. The number of nitrogens with zero attached hydrogens (tertiary/aromatic N) is 1. The van der Waals surface area contributed by atoms with Gasteiger partial charge in [-0.25, -0.2) is 4.98 Å². The number of fused-ring (bicyclic) bond motifs is 1. The molecule has 1 heterocycles. The SMILES string of the molecule is Nc1ncc(C(=O)NCC2CCCC2)c2ccccc12. The molecule has 0 unspecified atom stereocenters. The molecule has 3 N–H and O–H groups in total. The van der Waals surface area contributed by atoms with Crippen LogP contribution in [-0.2, 0) is 0 Å². The van der Waals surface area contributed by atoms with E-state index in [9.17, 15) is 4.79 Å². The third-order valence-corrected chi connectivity index (χ3v) is 4.10. The Morgan fingerprint density at radius 1 is 1.25 bits per heavy atom. The Morgan fingerprint density at radius 3 is 2.70 bits per heavy atom. The van der Waals surface area contributed by atoms with Crippen LogP contribution >= 0.6 is 0 Å². The number of anilines is 1. The predicted molar refractivity (Wildman–Crippen MR) is 80.4 cm³/mol. The lowest BCUT2D eigenvalue weighted by Gasteiger charge is -2.12. The minimum atomic E-state index is -0.0550. The summed E-state index contributed by atoms with van der Waals surface area (Å²) >= 11 is 0. The lowest BCUT2D eigenvalue weighted by molar-refractivity contribution is 0.0949. The Hall–Kier alpha value is -2.10. The minimum absolute atomic E-state index is 0.0550. The zero-order chi connectivity index (χ0) is 13.9. The van der Waals surface area contributed by atoms with E-state index in [-0.39, 0.29) is 5.91 Å². The summed E-state index contributed by atoms with van der Waals surface area (Å²) in [7, 11) is 0. The highest BCUT2D eigenvalue weighted by Crippen LogP contribution is 2.25. The van der Waals surface area contributed by atoms with E-state index in [1.165, 1.54) is 25.7 Å². The van der Waals surface area contributed by atoms with Crippen molar-refractivity contribution in [2.75, 3.05) is 12.3 Å². The van der Waals surface area contributed by atoms with Crippen molar-refractivity contribution in [3.8, 4) is 0 Å². The van der Waals surface area contributed by atoms with Gasteiger partial charge in [-0.3, -0.25) is 4.79 Å². The van der Waals surface area contributed by atoms with Crippen LogP contribution in [0.25, 0.3) is 10.8 Å². The molecule has 0 atom stereocenters. The second-order valence-corrected chi connectivity index (χ2v) is 5.46. The van der Waals surface area contributed by atoms with Gasteiger partial charge in [0.2, 0.25) is 0 Å². The Bertz CT molecular complexity index is 633. The highest BCUT2D eigenvalue weighted by molar-refractivity contribution is 6.08. The van der Waals surface area contributed by atoms with Crippen LogP contribution in [0, 0.1) is 5.92 Å². The molecule has 0 aliphatic heterocycles. The van der Waals surface area contributed by atoms with Crippen molar-refractivity contribution in [1.82, 2.24) is 10.3 Å². The highest BCUT2D eigenvalue weighted by atomic mass is 16.1. The number of carbonyl (C=O) groups is 1. The average Bonchev–Trinajstić information content (AvgIpc) is 2.99. The number of benzene rings is 1. The van der Waals surface area contributed by atoms with E-state index in [0.29, 0.717) is 17.3 Å². The summed E-state index contributed by atoms with van der Waals surface area (Å²) in [6, 6.07) is 7.62. The second kappa shape index (κ2) is 5.49. The summed E-state index contributed by atoms with van der Waals surface area (Å²) in [6.45, 7) is 0.761. The number of nitrogens with one attached hydrogen (secondary N) is 1. The summed E-state index contributed by atoms with van der Waals surface area (Å²) in [5.74, 6) is 1.04. The standard InChI is InChI=1S/C16H19N3O/c17-15-13-8-4-3-7-12(13)14(10-18-15)16(20)19-9-11-5-1-2-6-11/h3-4,7-8,10-11H,1-2,5-6,9H2,(H2,17,18)(H,19,20). The molecule has 20 heavy (non-hydrogen) atoms. The third kappa shape index (κ3) is 2.46. The molecule has 2 aromatic rings. The number of hydrogen-bond donors (Lipinski definition) is 2. The molecule has 1 amide bonds. The number of aromatic nitrogens is 1. The normalized spacial score (nSPS) is 15.6. The Kier molecular flexibility index (Phi) is 3.54. The van der Waals surface area contributed by atoms with Gasteiger partial charge in [-0.1, -0.05) is 37.1 Å². The first-order chi connectivity index (χ1) is 9.75. The van der Waals surface area contributed by atoms with Crippen LogP contribution in [0.3, 0.4) is 0 Å². The van der Waals surface area contributed by atoms with Crippen LogP contribution in [0.5, 0.6) is 0 Å². The number of carbonyl (C=O) groups excluding carboxylic acids is 1. The van der Waals surface area contributed by atoms with Crippen molar-refractivity contribution in [3.05, 3.63) is 36.0 Å². The Balaban J connectivity index is 1.82. The molecule has 0 spiro atoms. The van der Waals surface area contributed by atoms with Crippen molar-refractivity contribution in [2.45, 2.75) is 25.7 Å². The number of amides is 1. The van der Waals surface area contributed by atoms with Crippen LogP contribution in [0.4, 0.5) is 5.82 Å². The van der Waals surface area contributed by atoms with Gasteiger partial charge >= 0.3 is 0 Å². The van der Waals surface area contributed by atoms with Gasteiger partial charge in [0.05, 0.1) is 5.56 Å². The molecule has 1 aromatic carbocycles. The fraction of sp³-hybridized carbons (Fsp3) is 0.375. The van der Waals surface area contributed by atoms with Gasteiger partial charge in [-0.2, -0.15) is 0 Å². The number of hydrogen-bond acceptors (Lipinski definition) is 3. The zero-order valence-corrected chi connectivity index (χ0v) is 11.4. The molecule has 0 saturated heterocycles. The Labute approximate surface area is 118 Å². The van der Waals surface area contributed by atoms with Crippen molar-refractivity contribution in [3.63, 3.8) is 0 Å². The van der Waals surface area contributed by atoms with E-state index in [0.717, 1.165) is 17.3 Å². The van der Waals surface area contributed by atoms with Crippen molar-refractivity contribution in [2.24, 2.45) is 5.92 Å². The van der Waals surface area contributed by atoms with E-state index >= 15 is 0 Å². The summed E-state index contributed by atoms with van der Waals surface area (Å²) in [4.78, 5) is 16.5. The van der Waals surface area contributed by atoms with Crippen molar-refractivity contribution < 1.29 is 4.79 Å². The third-order valence-electron chi connectivity index (χ3n) is 4.10. The van der Waals surface area contributed by atoms with Crippen LogP contribution in [0.1, 0.15) is 36.0 Å². The summed E-state index contributed by atoms with van der Waals surface area (Å²) < 4.78 is 0. The van der Waals surface area contributed by atoms with Gasteiger partial charge in [0.25, 0.3) is 5.91 Å². The molecular formula is C16H19N3O. The molecule has 1 saturated carbocycles. The fourth-order valence-electron chi connectivity index (χ4n) is 2.94. The number of pyridine rings is 1. The molecule has 0 bridgehead atoms. The van der Waals surface area contributed by atoms with Gasteiger partial charge in [0.1, 0.15) is 5.82 Å².